The van der Waals surface area contributed by atoms with Crippen LogP contribution in [0.3, 0.4) is 0 Å². The van der Waals surface area contributed by atoms with E-state index in [0.717, 1.165) is 10.6 Å². The summed E-state index contributed by atoms with van der Waals surface area (Å²) in [6.07, 6.45) is 3.21. The van der Waals surface area contributed by atoms with Gasteiger partial charge in [0.2, 0.25) is 0 Å². The number of esters is 1. The number of aromatic nitrogens is 1. The van der Waals surface area contributed by atoms with Crippen LogP contribution >= 0.6 is 22.7 Å². The first-order valence-corrected chi connectivity index (χ1v) is 10.6. The molecule has 6 nitrogen and oxygen atoms in total. The topological polar surface area (TPSA) is 73.8 Å². The summed E-state index contributed by atoms with van der Waals surface area (Å²) in [6, 6.07) is 6.87. The number of thiazole rings is 1. The fourth-order valence-electron chi connectivity index (χ4n) is 3.17. The van der Waals surface area contributed by atoms with Gasteiger partial charge in [0, 0.05) is 11.0 Å². The molecule has 29 heavy (non-hydrogen) atoms. The third kappa shape index (κ3) is 3.56. The second-order valence-corrected chi connectivity index (χ2v) is 8.42. The highest BCUT2D eigenvalue weighted by molar-refractivity contribution is 7.10. The Morgan fingerprint density at radius 1 is 1.38 bits per heavy atom. The molecule has 0 aliphatic carbocycles. The Hall–Kier alpha value is -2.97. The van der Waals surface area contributed by atoms with Crippen molar-refractivity contribution in [3.63, 3.8) is 0 Å². The van der Waals surface area contributed by atoms with E-state index >= 15 is 0 Å². The largest absolute Gasteiger partial charge is 0.462 e. The average molecular weight is 427 g/mol. The zero-order valence-corrected chi connectivity index (χ0v) is 17.5. The number of carbonyl (C=O) groups is 1. The van der Waals surface area contributed by atoms with Crippen molar-refractivity contribution in [2.45, 2.75) is 19.9 Å². The molecule has 0 N–H and O–H groups in total. The first-order valence-electron chi connectivity index (χ1n) is 8.90. The van der Waals surface area contributed by atoms with E-state index in [4.69, 9.17) is 9.15 Å². The highest BCUT2D eigenvalue weighted by Gasteiger charge is 2.33. The lowest BCUT2D eigenvalue weighted by Crippen LogP contribution is -2.39. The van der Waals surface area contributed by atoms with Crippen LogP contribution in [-0.2, 0) is 9.53 Å². The molecule has 0 saturated carbocycles. The molecule has 0 aromatic carbocycles. The van der Waals surface area contributed by atoms with Gasteiger partial charge in [-0.3, -0.25) is 9.36 Å². The number of rotatable bonds is 5. The highest BCUT2D eigenvalue weighted by Crippen LogP contribution is 2.33. The number of hydrogen-bond donors (Lipinski definition) is 0. The summed E-state index contributed by atoms with van der Waals surface area (Å²) in [5.41, 5.74) is 0.684. The molecule has 0 unspecified atom stereocenters. The van der Waals surface area contributed by atoms with E-state index in [2.05, 4.69) is 11.6 Å². The molecule has 0 fully saturated rings. The van der Waals surface area contributed by atoms with Crippen molar-refractivity contribution in [1.82, 2.24) is 4.57 Å². The monoisotopic (exact) mass is 426 g/mol. The van der Waals surface area contributed by atoms with Crippen LogP contribution in [0.2, 0.25) is 0 Å². The van der Waals surface area contributed by atoms with Gasteiger partial charge in [-0.2, -0.15) is 0 Å². The molecular weight excluding hydrogens is 408 g/mol. The van der Waals surface area contributed by atoms with Crippen molar-refractivity contribution in [2.24, 2.45) is 4.99 Å². The minimum Gasteiger partial charge on any atom is -0.462 e. The van der Waals surface area contributed by atoms with Crippen molar-refractivity contribution in [3.8, 4) is 0 Å². The van der Waals surface area contributed by atoms with E-state index in [9.17, 15) is 9.59 Å². The first-order chi connectivity index (χ1) is 14.0. The van der Waals surface area contributed by atoms with E-state index in [0.29, 0.717) is 26.4 Å². The van der Waals surface area contributed by atoms with E-state index in [1.165, 1.54) is 28.7 Å². The van der Waals surface area contributed by atoms with Gasteiger partial charge in [-0.15, -0.1) is 11.3 Å². The zero-order chi connectivity index (χ0) is 20.5. The summed E-state index contributed by atoms with van der Waals surface area (Å²) in [4.78, 5) is 32.0. The van der Waals surface area contributed by atoms with Crippen LogP contribution in [0.25, 0.3) is 6.08 Å². The molecule has 0 saturated heterocycles. The van der Waals surface area contributed by atoms with Crippen molar-refractivity contribution in [1.29, 1.82) is 0 Å². The van der Waals surface area contributed by atoms with Crippen LogP contribution in [0.15, 0.2) is 67.8 Å². The summed E-state index contributed by atoms with van der Waals surface area (Å²) in [7, 11) is 0. The Morgan fingerprint density at radius 3 is 2.86 bits per heavy atom. The summed E-state index contributed by atoms with van der Waals surface area (Å²) in [5.74, 6) is 0.867. The van der Waals surface area contributed by atoms with Gasteiger partial charge in [-0.1, -0.05) is 30.1 Å². The summed E-state index contributed by atoms with van der Waals surface area (Å²) in [6.45, 7) is 7.28. The van der Waals surface area contributed by atoms with Crippen LogP contribution in [0.1, 0.15) is 29.4 Å². The van der Waals surface area contributed by atoms with E-state index in [-0.39, 0.29) is 12.2 Å². The molecular formula is C21H18N2O4S2. The van der Waals surface area contributed by atoms with E-state index in [1.54, 1.807) is 17.6 Å². The Balaban J connectivity index is 1.91. The Kier molecular flexibility index (Phi) is 5.21. The lowest BCUT2D eigenvalue weighted by Gasteiger charge is -2.23. The molecule has 3 aromatic rings. The summed E-state index contributed by atoms with van der Waals surface area (Å²) >= 11 is 2.75. The third-order valence-corrected chi connectivity index (χ3v) is 6.33. The van der Waals surface area contributed by atoms with Gasteiger partial charge in [0.1, 0.15) is 24.2 Å². The number of thiophene rings is 1. The Bertz CT molecular complexity index is 1290. The Morgan fingerprint density at radius 2 is 2.21 bits per heavy atom. The minimum atomic E-state index is -0.580. The zero-order valence-electron chi connectivity index (χ0n) is 15.9. The predicted octanol–water partition coefficient (Wildman–Crippen LogP) is 2.93. The van der Waals surface area contributed by atoms with Crippen molar-refractivity contribution < 1.29 is 13.9 Å². The number of furan rings is 1. The lowest BCUT2D eigenvalue weighted by molar-refractivity contribution is -0.138. The SMILES string of the molecule is C=CCOC(=O)C1=C(C)N=c2s/c(=C/c3ccc(C)o3)c(=O)n2[C@@H]1c1cccs1. The maximum absolute atomic E-state index is 13.3. The van der Waals surface area contributed by atoms with Gasteiger partial charge in [-0.25, -0.2) is 9.79 Å². The van der Waals surface area contributed by atoms with Gasteiger partial charge in [-0.05, 0) is 37.4 Å². The second kappa shape index (κ2) is 7.81. The fraction of sp³-hybridized carbons (Fsp3) is 0.190. The molecule has 8 heteroatoms. The smallest absolute Gasteiger partial charge is 0.338 e. The van der Waals surface area contributed by atoms with Gasteiger partial charge in [0.05, 0.1) is 15.8 Å². The fourth-order valence-corrected chi connectivity index (χ4v) is 5.02. The first kappa shape index (κ1) is 19.4. The number of fused-ring (bicyclic) bond motifs is 1. The van der Waals surface area contributed by atoms with Crippen LogP contribution < -0.4 is 14.9 Å². The van der Waals surface area contributed by atoms with Gasteiger partial charge >= 0.3 is 5.97 Å². The average Bonchev–Trinajstić information content (AvgIpc) is 3.41. The maximum Gasteiger partial charge on any atom is 0.338 e. The highest BCUT2D eigenvalue weighted by atomic mass is 32.1. The van der Waals surface area contributed by atoms with Crippen molar-refractivity contribution in [3.05, 3.63) is 89.7 Å². The Labute approximate surface area is 174 Å². The number of ether oxygens (including phenoxy) is 1. The normalized spacial score (nSPS) is 16.5. The number of hydrogen-bond acceptors (Lipinski definition) is 7. The molecule has 0 spiro atoms. The third-order valence-electron chi connectivity index (χ3n) is 4.42. The molecule has 1 aliphatic rings. The van der Waals surface area contributed by atoms with E-state index < -0.39 is 12.0 Å². The minimum absolute atomic E-state index is 0.0923. The molecule has 1 aliphatic heterocycles. The lowest BCUT2D eigenvalue weighted by atomic mass is 10.0. The number of allylic oxidation sites excluding steroid dienone is 1. The van der Waals surface area contributed by atoms with Gasteiger partial charge in [0.15, 0.2) is 4.80 Å². The maximum atomic E-state index is 13.3. The quantitative estimate of drug-likeness (QED) is 0.464. The van der Waals surface area contributed by atoms with Crippen molar-refractivity contribution in [2.75, 3.05) is 6.61 Å². The van der Waals surface area contributed by atoms with Crippen molar-refractivity contribution >= 4 is 34.7 Å². The molecule has 4 heterocycles. The molecule has 3 aromatic heterocycles. The van der Waals surface area contributed by atoms with Gasteiger partial charge < -0.3 is 9.15 Å². The summed E-state index contributed by atoms with van der Waals surface area (Å²) < 4.78 is 12.9. The van der Waals surface area contributed by atoms with E-state index in [1.807, 2.05) is 36.6 Å². The van der Waals surface area contributed by atoms with Crippen LogP contribution in [0, 0.1) is 6.92 Å². The summed E-state index contributed by atoms with van der Waals surface area (Å²) in [5, 5.41) is 1.92. The molecule has 0 amide bonds. The molecule has 0 radical (unpaired) electrons. The number of aryl methyl sites for hydroxylation is 1. The molecule has 1 atom stereocenters. The van der Waals surface area contributed by atoms with Crippen LogP contribution in [-0.4, -0.2) is 17.1 Å². The molecule has 4 rings (SSSR count). The second-order valence-electron chi connectivity index (χ2n) is 6.43. The van der Waals surface area contributed by atoms with Gasteiger partial charge in [0.25, 0.3) is 5.56 Å². The molecule has 148 valence electrons. The number of nitrogens with zero attached hydrogens (tertiary/aromatic N) is 2. The molecule has 0 bridgehead atoms. The standard InChI is InChI=1S/C21H18N2O4S2/c1-4-9-26-20(25)17-13(3)22-21-23(18(17)15-6-5-10-28-15)19(24)16(29-21)11-14-8-7-12(2)27-14/h4-8,10-11,18H,1,9H2,2-3H3/b16-11+/t18-/m1/s1. The van der Waals surface area contributed by atoms with Crippen LogP contribution in [0.4, 0.5) is 0 Å². The predicted molar refractivity (Wildman–Crippen MR) is 113 cm³/mol. The number of carbonyl (C=O) groups excluding carboxylic acids is 1. The van der Waals surface area contributed by atoms with Crippen LogP contribution in [0.5, 0.6) is 0 Å².